The molecular weight excluding hydrogens is 316 g/mol. The number of H-pyrrole nitrogens is 1. The zero-order valence-electron chi connectivity index (χ0n) is 12.8. The van der Waals surface area contributed by atoms with Crippen molar-refractivity contribution in [2.45, 2.75) is 43.9 Å². The molecule has 23 heavy (non-hydrogen) atoms. The average molecular weight is 335 g/mol. The van der Waals surface area contributed by atoms with Crippen LogP contribution < -0.4 is 0 Å². The Morgan fingerprint density at radius 1 is 1.48 bits per heavy atom. The molecule has 2 aromatic heterocycles. The smallest absolute Gasteiger partial charge is 0.223 e. The van der Waals surface area contributed by atoms with Gasteiger partial charge in [0.1, 0.15) is 5.76 Å². The standard InChI is InChI=1S/C16H19ClN4O2/c17-13-8-12(23-20-13)2-3-14(22)21-7-1-5-16(10-21)6-4-11-9-18-19-15(11)16/h8-9H,1-7,10H2,(H,18,19). The molecule has 1 saturated heterocycles. The molecule has 2 aliphatic rings. The van der Waals surface area contributed by atoms with Crippen LogP contribution in [0.5, 0.6) is 0 Å². The van der Waals surface area contributed by atoms with Crippen LogP contribution in [0.2, 0.25) is 5.15 Å². The highest BCUT2D eigenvalue weighted by atomic mass is 35.5. The zero-order chi connectivity index (χ0) is 15.9. The summed E-state index contributed by atoms with van der Waals surface area (Å²) in [6.07, 6.45) is 7.23. The Hall–Kier alpha value is -1.82. The molecule has 122 valence electrons. The number of hydrogen-bond acceptors (Lipinski definition) is 4. The number of aromatic nitrogens is 3. The topological polar surface area (TPSA) is 75.0 Å². The number of aryl methyl sites for hydroxylation is 2. The number of carbonyl (C=O) groups excluding carboxylic acids is 1. The van der Waals surface area contributed by atoms with Crippen LogP contribution in [0.1, 0.15) is 42.7 Å². The molecule has 7 heteroatoms. The lowest BCUT2D eigenvalue weighted by Crippen LogP contribution is -2.47. The summed E-state index contributed by atoms with van der Waals surface area (Å²) in [5, 5.41) is 11.3. The lowest BCUT2D eigenvalue weighted by molar-refractivity contribution is -0.133. The van der Waals surface area contributed by atoms with Gasteiger partial charge in [-0.25, -0.2) is 0 Å². The third-order valence-corrected chi connectivity index (χ3v) is 5.34. The van der Waals surface area contributed by atoms with Crippen LogP contribution in [0.25, 0.3) is 0 Å². The molecule has 0 bridgehead atoms. The SMILES string of the molecule is O=C(CCc1cc(Cl)no1)N1CCCC2(CCc3cn[nH]c32)C1. The van der Waals surface area contributed by atoms with Gasteiger partial charge in [0.15, 0.2) is 5.15 Å². The van der Waals surface area contributed by atoms with Crippen molar-refractivity contribution < 1.29 is 9.32 Å². The number of rotatable bonds is 3. The number of amides is 1. The fourth-order valence-electron chi connectivity index (χ4n) is 4.01. The molecule has 1 aliphatic carbocycles. The van der Waals surface area contributed by atoms with Crippen LogP contribution >= 0.6 is 11.6 Å². The number of nitrogens with zero attached hydrogens (tertiary/aromatic N) is 3. The second kappa shape index (κ2) is 5.67. The summed E-state index contributed by atoms with van der Waals surface area (Å²) in [7, 11) is 0. The monoisotopic (exact) mass is 334 g/mol. The minimum absolute atomic E-state index is 0.0787. The number of piperidine rings is 1. The highest BCUT2D eigenvalue weighted by Gasteiger charge is 2.44. The van der Waals surface area contributed by atoms with E-state index in [1.54, 1.807) is 6.07 Å². The summed E-state index contributed by atoms with van der Waals surface area (Å²) < 4.78 is 5.07. The largest absolute Gasteiger partial charge is 0.360 e. The van der Waals surface area contributed by atoms with Crippen molar-refractivity contribution in [3.8, 4) is 0 Å². The quantitative estimate of drug-likeness (QED) is 0.935. The fourth-order valence-corrected chi connectivity index (χ4v) is 4.16. The fraction of sp³-hybridized carbons (Fsp3) is 0.562. The zero-order valence-corrected chi connectivity index (χ0v) is 13.6. The number of hydrogen-bond donors (Lipinski definition) is 1. The molecule has 6 nitrogen and oxygen atoms in total. The number of aromatic amines is 1. The lowest BCUT2D eigenvalue weighted by Gasteiger charge is -2.40. The summed E-state index contributed by atoms with van der Waals surface area (Å²) in [5.74, 6) is 0.830. The van der Waals surface area contributed by atoms with E-state index in [-0.39, 0.29) is 11.3 Å². The molecule has 1 atom stereocenters. The van der Waals surface area contributed by atoms with Crippen LogP contribution in [0, 0.1) is 0 Å². The first-order valence-corrected chi connectivity index (χ1v) is 8.46. The second-order valence-corrected chi connectivity index (χ2v) is 6.97. The normalized spacial score (nSPS) is 23.4. The molecular formula is C16H19ClN4O2. The maximum atomic E-state index is 12.6. The van der Waals surface area contributed by atoms with E-state index in [1.807, 2.05) is 11.1 Å². The van der Waals surface area contributed by atoms with Gasteiger partial charge in [0.2, 0.25) is 5.91 Å². The Labute approximate surface area is 139 Å². The van der Waals surface area contributed by atoms with E-state index >= 15 is 0 Å². The summed E-state index contributed by atoms with van der Waals surface area (Å²) in [4.78, 5) is 14.6. The highest BCUT2D eigenvalue weighted by molar-refractivity contribution is 6.29. The van der Waals surface area contributed by atoms with Crippen LogP contribution in [0.3, 0.4) is 0 Å². The molecule has 4 rings (SSSR count). The summed E-state index contributed by atoms with van der Waals surface area (Å²) in [6.45, 7) is 1.62. The van der Waals surface area contributed by atoms with Gasteiger partial charge in [-0.1, -0.05) is 16.8 Å². The number of fused-ring (bicyclic) bond motifs is 2. The van der Waals surface area contributed by atoms with Crippen LogP contribution in [-0.4, -0.2) is 39.3 Å². The molecule has 1 unspecified atom stereocenters. The van der Waals surface area contributed by atoms with Gasteiger partial charge in [0.05, 0.1) is 6.20 Å². The molecule has 1 spiro atoms. The van der Waals surface area contributed by atoms with E-state index in [1.165, 1.54) is 11.3 Å². The van der Waals surface area contributed by atoms with E-state index in [0.29, 0.717) is 23.8 Å². The van der Waals surface area contributed by atoms with Gasteiger partial charge in [-0.2, -0.15) is 5.10 Å². The third-order valence-electron chi connectivity index (χ3n) is 5.17. The van der Waals surface area contributed by atoms with Gasteiger partial charge in [0.25, 0.3) is 0 Å². The van der Waals surface area contributed by atoms with Gasteiger partial charge in [-0.15, -0.1) is 0 Å². The third kappa shape index (κ3) is 2.65. The van der Waals surface area contributed by atoms with Crippen LogP contribution in [0.4, 0.5) is 0 Å². The van der Waals surface area contributed by atoms with E-state index in [4.69, 9.17) is 16.1 Å². The molecule has 1 amide bonds. The lowest BCUT2D eigenvalue weighted by atomic mass is 9.77. The maximum Gasteiger partial charge on any atom is 0.223 e. The minimum Gasteiger partial charge on any atom is -0.360 e. The van der Waals surface area contributed by atoms with Gasteiger partial charge < -0.3 is 9.42 Å². The molecule has 0 saturated carbocycles. The minimum atomic E-state index is 0.0787. The number of nitrogens with one attached hydrogen (secondary N) is 1. The van der Waals surface area contributed by atoms with Gasteiger partial charge >= 0.3 is 0 Å². The Bertz CT molecular complexity index is 725. The maximum absolute atomic E-state index is 12.6. The molecule has 0 radical (unpaired) electrons. The van der Waals surface area contributed by atoms with E-state index in [0.717, 1.165) is 38.8 Å². The molecule has 2 aromatic rings. The second-order valence-electron chi connectivity index (χ2n) is 6.59. The first kappa shape index (κ1) is 14.8. The first-order chi connectivity index (χ1) is 11.2. The summed E-state index contributed by atoms with van der Waals surface area (Å²) >= 11 is 5.73. The van der Waals surface area contributed by atoms with Crippen molar-refractivity contribution in [2.75, 3.05) is 13.1 Å². The summed E-state index contributed by atoms with van der Waals surface area (Å²) in [5.41, 5.74) is 2.64. The first-order valence-electron chi connectivity index (χ1n) is 8.08. The van der Waals surface area contributed by atoms with E-state index < -0.39 is 0 Å². The van der Waals surface area contributed by atoms with Gasteiger partial charge in [0, 0.05) is 43.1 Å². The molecule has 3 heterocycles. The van der Waals surface area contributed by atoms with Crippen LogP contribution in [0.15, 0.2) is 16.8 Å². The molecule has 1 aliphatic heterocycles. The van der Waals surface area contributed by atoms with E-state index in [9.17, 15) is 4.79 Å². The predicted molar refractivity (Wildman–Crippen MR) is 84.2 cm³/mol. The number of halogens is 1. The number of carbonyl (C=O) groups is 1. The Morgan fingerprint density at radius 3 is 3.22 bits per heavy atom. The molecule has 0 aromatic carbocycles. The summed E-state index contributed by atoms with van der Waals surface area (Å²) in [6, 6.07) is 1.67. The van der Waals surface area contributed by atoms with Crippen molar-refractivity contribution in [1.29, 1.82) is 0 Å². The van der Waals surface area contributed by atoms with Crippen molar-refractivity contribution in [1.82, 2.24) is 20.3 Å². The van der Waals surface area contributed by atoms with Crippen molar-refractivity contribution in [3.05, 3.63) is 34.4 Å². The molecule has 1 fully saturated rings. The van der Waals surface area contributed by atoms with Gasteiger partial charge in [-0.3, -0.25) is 9.89 Å². The molecule has 1 N–H and O–H groups in total. The number of likely N-dealkylation sites (tertiary alicyclic amines) is 1. The Balaban J connectivity index is 1.42. The Kier molecular flexibility index (Phi) is 3.64. The van der Waals surface area contributed by atoms with Crippen molar-refractivity contribution in [3.63, 3.8) is 0 Å². The Morgan fingerprint density at radius 2 is 2.39 bits per heavy atom. The van der Waals surface area contributed by atoms with E-state index in [2.05, 4.69) is 15.4 Å². The predicted octanol–water partition coefficient (Wildman–Crippen LogP) is 2.49. The van der Waals surface area contributed by atoms with Crippen molar-refractivity contribution in [2.24, 2.45) is 0 Å². The van der Waals surface area contributed by atoms with Crippen molar-refractivity contribution >= 4 is 17.5 Å². The van der Waals surface area contributed by atoms with Gasteiger partial charge in [-0.05, 0) is 31.2 Å². The average Bonchev–Trinajstić information content (AvgIpc) is 3.25. The van der Waals surface area contributed by atoms with Crippen LogP contribution in [-0.2, 0) is 23.1 Å². The highest BCUT2D eigenvalue weighted by Crippen LogP contribution is 2.43.